The van der Waals surface area contributed by atoms with E-state index in [-0.39, 0.29) is 5.78 Å². The number of para-hydroxylation sites is 1. The number of nitrogens with zero attached hydrogens (tertiary/aromatic N) is 1. The Morgan fingerprint density at radius 2 is 1.32 bits per heavy atom. The average molecular weight is 510 g/mol. The molecule has 1 heterocycles. The summed E-state index contributed by atoms with van der Waals surface area (Å²) in [5.74, 6) is -0.109. The zero-order valence-corrected chi connectivity index (χ0v) is 21.2. The topological polar surface area (TPSA) is 40.5 Å². The minimum atomic E-state index is -0.932. The molecule has 0 amide bonds. The van der Waals surface area contributed by atoms with Crippen molar-refractivity contribution in [3.63, 3.8) is 0 Å². The highest BCUT2D eigenvalue weighted by Gasteiger charge is 2.33. The van der Waals surface area contributed by atoms with E-state index in [4.69, 9.17) is 0 Å². The maximum Gasteiger partial charge on any atom is 0.192 e. The van der Waals surface area contributed by atoms with Gasteiger partial charge in [-0.05, 0) is 81.7 Å². The normalized spacial score (nSPS) is 15.9. The van der Waals surface area contributed by atoms with Gasteiger partial charge in [0, 0.05) is 27.4 Å². The van der Waals surface area contributed by atoms with E-state index in [0.29, 0.717) is 16.7 Å². The summed E-state index contributed by atoms with van der Waals surface area (Å²) in [6.45, 7) is 0. The van der Waals surface area contributed by atoms with Gasteiger partial charge in [0.15, 0.2) is 5.78 Å². The predicted molar refractivity (Wildman–Crippen MR) is 158 cm³/mol. The highest BCUT2D eigenvalue weighted by molar-refractivity contribution is 7.17. The molecule has 0 radical (unpaired) electrons. The van der Waals surface area contributed by atoms with Crippen LogP contribution in [0.4, 0.5) is 16.4 Å². The van der Waals surface area contributed by atoms with Crippen molar-refractivity contribution in [2.24, 2.45) is 0 Å². The van der Waals surface area contributed by atoms with E-state index in [9.17, 15) is 9.90 Å². The first-order valence-electron chi connectivity index (χ1n) is 12.6. The maximum absolute atomic E-state index is 13.3. The van der Waals surface area contributed by atoms with Gasteiger partial charge in [-0.3, -0.25) is 4.79 Å². The molecule has 1 atom stereocenters. The molecule has 0 saturated heterocycles. The first-order chi connectivity index (χ1) is 18.7. The second-order valence-electron chi connectivity index (χ2n) is 9.50. The van der Waals surface area contributed by atoms with Gasteiger partial charge in [0.1, 0.15) is 11.1 Å². The van der Waals surface area contributed by atoms with E-state index in [1.165, 1.54) is 10.8 Å². The van der Waals surface area contributed by atoms with Gasteiger partial charge in [-0.2, -0.15) is 0 Å². The smallest absolute Gasteiger partial charge is 0.192 e. The number of hydrogen-bond acceptors (Lipinski definition) is 4. The van der Waals surface area contributed by atoms with Gasteiger partial charge >= 0.3 is 0 Å². The number of aliphatic hydroxyl groups excluding tert-OH is 1. The van der Waals surface area contributed by atoms with Crippen LogP contribution in [-0.4, -0.2) is 10.9 Å². The van der Waals surface area contributed by atoms with Gasteiger partial charge in [-0.15, -0.1) is 11.3 Å². The van der Waals surface area contributed by atoms with Crippen LogP contribution >= 0.6 is 11.3 Å². The van der Waals surface area contributed by atoms with Crippen LogP contribution in [0.15, 0.2) is 127 Å². The van der Waals surface area contributed by atoms with Gasteiger partial charge in [-0.25, -0.2) is 0 Å². The van der Waals surface area contributed by atoms with Gasteiger partial charge < -0.3 is 10.0 Å². The number of rotatable bonds is 4. The number of benzene rings is 5. The lowest BCUT2D eigenvalue weighted by Gasteiger charge is -2.24. The van der Waals surface area contributed by atoms with Crippen molar-refractivity contribution in [2.45, 2.75) is 6.10 Å². The Morgan fingerprint density at radius 1 is 0.658 bits per heavy atom. The van der Waals surface area contributed by atoms with Crippen LogP contribution in [0.25, 0.3) is 27.6 Å². The third kappa shape index (κ3) is 3.82. The summed E-state index contributed by atoms with van der Waals surface area (Å²) >= 11 is 1.59. The molecule has 1 aliphatic rings. The standard InChI is InChI=1S/C34H23NO2S/c36-33-29-19-24-10-6-7-11-25(24)20-30(29)34(37)31(33)21-28-16-17-32(38-28)35(26-12-2-1-3-13-26)27-15-14-22-8-4-5-9-23(22)18-27/h1-21,33,36H/b31-21-. The molecule has 1 aromatic heterocycles. The van der Waals surface area contributed by atoms with Crippen LogP contribution in [0, 0.1) is 0 Å². The second kappa shape index (κ2) is 9.10. The third-order valence-corrected chi connectivity index (χ3v) is 8.17. The largest absolute Gasteiger partial charge is 0.383 e. The number of ketones is 1. The molecule has 38 heavy (non-hydrogen) atoms. The highest BCUT2D eigenvalue weighted by atomic mass is 32.1. The fourth-order valence-electron chi connectivity index (χ4n) is 5.26. The van der Waals surface area contributed by atoms with Crippen molar-refractivity contribution in [1.29, 1.82) is 0 Å². The summed E-state index contributed by atoms with van der Waals surface area (Å²) in [4.78, 5) is 16.5. The maximum atomic E-state index is 13.3. The van der Waals surface area contributed by atoms with Crippen molar-refractivity contribution >= 4 is 61.1 Å². The van der Waals surface area contributed by atoms with E-state index < -0.39 is 6.10 Å². The monoisotopic (exact) mass is 509 g/mol. The van der Waals surface area contributed by atoms with Crippen LogP contribution in [0.3, 0.4) is 0 Å². The molecular formula is C34H23NO2S. The van der Waals surface area contributed by atoms with Crippen molar-refractivity contribution in [3.05, 3.63) is 143 Å². The van der Waals surface area contributed by atoms with E-state index in [0.717, 1.165) is 32.0 Å². The van der Waals surface area contributed by atoms with E-state index >= 15 is 0 Å². The Balaban J connectivity index is 1.29. The molecule has 6 aromatic rings. The number of carbonyl (C=O) groups is 1. The molecule has 0 fully saturated rings. The molecule has 0 aliphatic heterocycles. The number of aliphatic hydroxyl groups is 1. The van der Waals surface area contributed by atoms with Crippen molar-refractivity contribution in [1.82, 2.24) is 0 Å². The van der Waals surface area contributed by atoms with Gasteiger partial charge in [0.05, 0.1) is 0 Å². The van der Waals surface area contributed by atoms with Crippen LogP contribution in [0.2, 0.25) is 0 Å². The minimum Gasteiger partial charge on any atom is -0.383 e. The number of fused-ring (bicyclic) bond motifs is 3. The lowest BCUT2D eigenvalue weighted by atomic mass is 10.0. The molecule has 0 saturated carbocycles. The molecule has 4 heteroatoms. The first-order valence-corrected chi connectivity index (χ1v) is 13.4. The fraction of sp³-hybridized carbons (Fsp3) is 0.0294. The lowest BCUT2D eigenvalue weighted by Crippen LogP contribution is -2.08. The molecule has 182 valence electrons. The number of thiophene rings is 1. The van der Waals surface area contributed by atoms with Crippen LogP contribution in [0.5, 0.6) is 0 Å². The minimum absolute atomic E-state index is 0.109. The molecule has 1 unspecified atom stereocenters. The van der Waals surface area contributed by atoms with Crippen molar-refractivity contribution < 1.29 is 9.90 Å². The molecule has 7 rings (SSSR count). The lowest BCUT2D eigenvalue weighted by molar-refractivity contribution is 0.102. The highest BCUT2D eigenvalue weighted by Crippen LogP contribution is 2.43. The first kappa shape index (κ1) is 22.7. The Labute approximate surface area is 224 Å². The quantitative estimate of drug-likeness (QED) is 0.241. The van der Waals surface area contributed by atoms with Crippen LogP contribution < -0.4 is 4.90 Å². The zero-order chi connectivity index (χ0) is 25.6. The van der Waals surface area contributed by atoms with Crippen LogP contribution in [0.1, 0.15) is 26.9 Å². The number of anilines is 3. The SMILES string of the molecule is O=C1/C(=C\c2ccc(N(c3ccccc3)c3ccc4ccccc4c3)s2)C(O)c2cc3ccccc3cc21. The average Bonchev–Trinajstić information content (AvgIpc) is 3.51. The van der Waals surface area contributed by atoms with Gasteiger partial charge in [0.2, 0.25) is 0 Å². The number of hydrogen-bond donors (Lipinski definition) is 1. The van der Waals surface area contributed by atoms with E-state index in [1.54, 1.807) is 11.3 Å². The molecule has 5 aromatic carbocycles. The molecule has 1 N–H and O–H groups in total. The van der Waals surface area contributed by atoms with Crippen molar-refractivity contribution in [2.75, 3.05) is 4.90 Å². The Bertz CT molecular complexity index is 1870. The molecule has 3 nitrogen and oxygen atoms in total. The second-order valence-corrected chi connectivity index (χ2v) is 10.6. The molecule has 0 bridgehead atoms. The number of Topliss-reactive ketones (excluding diaryl/α,β-unsaturated/α-hetero) is 1. The summed E-state index contributed by atoms with van der Waals surface area (Å²) in [6, 6.07) is 41.0. The van der Waals surface area contributed by atoms with Crippen LogP contribution in [-0.2, 0) is 0 Å². The third-order valence-electron chi connectivity index (χ3n) is 7.15. The Hall–Kier alpha value is -4.51. The van der Waals surface area contributed by atoms with E-state index in [1.807, 2.05) is 66.7 Å². The molecular weight excluding hydrogens is 486 g/mol. The number of carbonyl (C=O) groups excluding carboxylic acids is 1. The predicted octanol–water partition coefficient (Wildman–Crippen LogP) is 8.84. The zero-order valence-electron chi connectivity index (χ0n) is 20.4. The fourth-order valence-corrected chi connectivity index (χ4v) is 6.26. The Kier molecular flexibility index (Phi) is 5.43. The molecule has 0 spiro atoms. The summed E-state index contributed by atoms with van der Waals surface area (Å²) in [5, 5.41) is 16.5. The van der Waals surface area contributed by atoms with Gasteiger partial charge in [-0.1, -0.05) is 72.8 Å². The summed E-state index contributed by atoms with van der Waals surface area (Å²) in [7, 11) is 0. The van der Waals surface area contributed by atoms with Gasteiger partial charge in [0.25, 0.3) is 0 Å². The molecule has 1 aliphatic carbocycles. The summed E-state index contributed by atoms with van der Waals surface area (Å²) in [5.41, 5.74) is 3.80. The van der Waals surface area contributed by atoms with Crippen molar-refractivity contribution in [3.8, 4) is 0 Å². The van der Waals surface area contributed by atoms with E-state index in [2.05, 4.69) is 65.6 Å². The summed E-state index contributed by atoms with van der Waals surface area (Å²) in [6.07, 6.45) is 0.911. The Morgan fingerprint density at radius 3 is 2.08 bits per heavy atom. The summed E-state index contributed by atoms with van der Waals surface area (Å²) < 4.78 is 0.